The number of carbonyl (C=O) groups excluding carboxylic acids is 2. The molecule has 28 heavy (non-hydrogen) atoms. The van der Waals surface area contributed by atoms with Gasteiger partial charge in [-0.3, -0.25) is 9.48 Å². The van der Waals surface area contributed by atoms with Gasteiger partial charge in [-0.15, -0.1) is 0 Å². The lowest BCUT2D eigenvalue weighted by Crippen LogP contribution is -2.70. The largest absolute Gasteiger partial charge is 0.433 e. The summed E-state index contributed by atoms with van der Waals surface area (Å²) < 4.78 is 40.5. The molecule has 3 aliphatic rings. The zero-order chi connectivity index (χ0) is 20.1. The van der Waals surface area contributed by atoms with Crippen molar-refractivity contribution < 1.29 is 22.8 Å². The number of rotatable bonds is 2. The molecule has 0 aromatic carbocycles. The Morgan fingerprint density at radius 2 is 1.96 bits per heavy atom. The molecule has 0 aliphatic carbocycles. The molecule has 3 fully saturated rings. The number of nitrogens with one attached hydrogen (secondary N) is 1. The van der Waals surface area contributed by atoms with E-state index in [0.29, 0.717) is 51.9 Å². The summed E-state index contributed by atoms with van der Waals surface area (Å²) in [4.78, 5) is 27.6. The molecular formula is C18H24F3N5O2. The Balaban J connectivity index is 1.29. The summed E-state index contributed by atoms with van der Waals surface area (Å²) in [5.74, 6) is 0.146. The number of aryl methyl sites for hydroxylation is 1. The van der Waals surface area contributed by atoms with Crippen LogP contribution in [0.15, 0.2) is 6.20 Å². The molecule has 1 aromatic heterocycles. The van der Waals surface area contributed by atoms with Gasteiger partial charge in [-0.2, -0.15) is 18.3 Å². The van der Waals surface area contributed by atoms with Crippen LogP contribution in [0.25, 0.3) is 0 Å². The summed E-state index contributed by atoms with van der Waals surface area (Å²) in [6, 6.07) is -0.0393. The van der Waals surface area contributed by atoms with Crippen LogP contribution in [-0.2, 0) is 24.4 Å². The van der Waals surface area contributed by atoms with E-state index in [4.69, 9.17) is 0 Å². The summed E-state index contributed by atoms with van der Waals surface area (Å²) in [5.41, 5.74) is -0.698. The van der Waals surface area contributed by atoms with Crippen LogP contribution in [0.4, 0.5) is 18.0 Å². The first-order valence-corrected chi connectivity index (χ1v) is 9.60. The lowest BCUT2D eigenvalue weighted by molar-refractivity contribution is -0.144. The van der Waals surface area contributed by atoms with Gasteiger partial charge in [0, 0.05) is 45.2 Å². The standard InChI is InChI=1S/C18H24F3N5O2/c1-24-15(18(19,20)21)13(9-22-24)8-12-3-6-25(7-4-12)16(28)26-10-17(11-26)5-2-14(27)23-17/h9,12H,2-8,10-11H2,1H3,(H,23,27). The molecule has 0 bridgehead atoms. The predicted molar refractivity (Wildman–Crippen MR) is 93.3 cm³/mol. The maximum absolute atomic E-state index is 13.2. The Bertz CT molecular complexity index is 777. The average Bonchev–Trinajstić information content (AvgIpc) is 3.16. The van der Waals surface area contributed by atoms with Crippen LogP contribution in [0, 0.1) is 5.92 Å². The number of piperidine rings is 1. The molecule has 0 unspecified atom stereocenters. The number of urea groups is 1. The summed E-state index contributed by atoms with van der Waals surface area (Å²) >= 11 is 0. The lowest BCUT2D eigenvalue weighted by Gasteiger charge is -2.49. The van der Waals surface area contributed by atoms with Crippen molar-refractivity contribution in [2.45, 2.75) is 43.8 Å². The van der Waals surface area contributed by atoms with E-state index < -0.39 is 11.9 Å². The first-order valence-electron chi connectivity index (χ1n) is 9.60. The molecule has 0 saturated carbocycles. The second-order valence-corrected chi connectivity index (χ2v) is 8.24. The molecule has 4 rings (SSSR count). The molecule has 0 atom stereocenters. The molecule has 1 aromatic rings. The highest BCUT2D eigenvalue weighted by Crippen LogP contribution is 2.35. The molecule has 4 heterocycles. The van der Waals surface area contributed by atoms with Crippen molar-refractivity contribution in [3.8, 4) is 0 Å². The van der Waals surface area contributed by atoms with Gasteiger partial charge in [0.05, 0.1) is 11.7 Å². The molecule has 10 heteroatoms. The third-order valence-corrected chi connectivity index (χ3v) is 6.17. The van der Waals surface area contributed by atoms with Gasteiger partial charge >= 0.3 is 12.2 Å². The topological polar surface area (TPSA) is 70.5 Å². The first kappa shape index (κ1) is 19.1. The van der Waals surface area contributed by atoms with Crippen LogP contribution in [0.5, 0.6) is 0 Å². The van der Waals surface area contributed by atoms with Crippen LogP contribution in [0.1, 0.15) is 36.9 Å². The molecule has 3 aliphatic heterocycles. The molecule has 3 saturated heterocycles. The van der Waals surface area contributed by atoms with Gasteiger partial charge in [0.2, 0.25) is 5.91 Å². The summed E-state index contributed by atoms with van der Waals surface area (Å²) in [6.45, 7) is 2.17. The van der Waals surface area contributed by atoms with E-state index in [1.165, 1.54) is 13.2 Å². The minimum absolute atomic E-state index is 0.0393. The second-order valence-electron chi connectivity index (χ2n) is 8.24. The number of likely N-dealkylation sites (tertiary alicyclic amines) is 2. The zero-order valence-corrected chi connectivity index (χ0v) is 15.8. The van der Waals surface area contributed by atoms with Crippen molar-refractivity contribution in [1.29, 1.82) is 0 Å². The van der Waals surface area contributed by atoms with E-state index >= 15 is 0 Å². The zero-order valence-electron chi connectivity index (χ0n) is 15.8. The van der Waals surface area contributed by atoms with Gasteiger partial charge in [-0.05, 0) is 31.6 Å². The minimum Gasteiger partial charge on any atom is -0.347 e. The van der Waals surface area contributed by atoms with Crippen molar-refractivity contribution in [2.24, 2.45) is 13.0 Å². The third-order valence-electron chi connectivity index (χ3n) is 6.17. The Morgan fingerprint density at radius 1 is 1.29 bits per heavy atom. The number of alkyl halides is 3. The van der Waals surface area contributed by atoms with E-state index in [1.54, 1.807) is 9.80 Å². The summed E-state index contributed by atoms with van der Waals surface area (Å²) in [7, 11) is 1.31. The average molecular weight is 399 g/mol. The first-order chi connectivity index (χ1) is 13.2. The number of halogens is 3. The predicted octanol–water partition coefficient (Wildman–Crippen LogP) is 1.78. The fraction of sp³-hybridized carbons (Fsp3) is 0.722. The molecule has 7 nitrogen and oxygen atoms in total. The van der Waals surface area contributed by atoms with E-state index in [1.807, 2.05) is 0 Å². The van der Waals surface area contributed by atoms with Gasteiger partial charge in [0.15, 0.2) is 0 Å². The van der Waals surface area contributed by atoms with E-state index in [-0.39, 0.29) is 29.0 Å². The van der Waals surface area contributed by atoms with Crippen molar-refractivity contribution in [2.75, 3.05) is 26.2 Å². The van der Waals surface area contributed by atoms with Gasteiger partial charge in [-0.25, -0.2) is 4.79 Å². The van der Waals surface area contributed by atoms with Crippen molar-refractivity contribution >= 4 is 11.9 Å². The van der Waals surface area contributed by atoms with Gasteiger partial charge in [-0.1, -0.05) is 0 Å². The van der Waals surface area contributed by atoms with Gasteiger partial charge in [0.25, 0.3) is 0 Å². The number of carbonyl (C=O) groups is 2. The molecular weight excluding hydrogens is 375 g/mol. The molecule has 0 radical (unpaired) electrons. The van der Waals surface area contributed by atoms with Crippen molar-refractivity contribution in [3.63, 3.8) is 0 Å². The number of nitrogens with zero attached hydrogens (tertiary/aromatic N) is 4. The highest BCUT2D eigenvalue weighted by molar-refractivity contribution is 5.82. The summed E-state index contributed by atoms with van der Waals surface area (Å²) in [6.07, 6.45) is -0.160. The highest BCUT2D eigenvalue weighted by atomic mass is 19.4. The Morgan fingerprint density at radius 3 is 2.54 bits per heavy atom. The van der Waals surface area contributed by atoms with E-state index in [0.717, 1.165) is 11.1 Å². The third kappa shape index (κ3) is 3.44. The van der Waals surface area contributed by atoms with Crippen LogP contribution >= 0.6 is 0 Å². The maximum atomic E-state index is 13.2. The highest BCUT2D eigenvalue weighted by Gasteiger charge is 2.50. The Kier molecular flexibility index (Phi) is 4.54. The van der Waals surface area contributed by atoms with Gasteiger partial charge in [0.1, 0.15) is 5.69 Å². The summed E-state index contributed by atoms with van der Waals surface area (Å²) in [5, 5.41) is 6.73. The van der Waals surface area contributed by atoms with Crippen LogP contribution in [0.3, 0.4) is 0 Å². The quantitative estimate of drug-likeness (QED) is 0.824. The monoisotopic (exact) mass is 399 g/mol. The smallest absolute Gasteiger partial charge is 0.347 e. The molecule has 154 valence electrons. The SMILES string of the molecule is Cn1ncc(CC2CCN(C(=O)N3CC4(CCC(=O)N4)C3)CC2)c1C(F)(F)F. The Labute approximate surface area is 160 Å². The maximum Gasteiger partial charge on any atom is 0.433 e. The normalized spacial score (nSPS) is 22.5. The number of hydrogen-bond donors (Lipinski definition) is 1. The number of amides is 3. The van der Waals surface area contributed by atoms with Crippen LogP contribution in [0.2, 0.25) is 0 Å². The minimum atomic E-state index is -4.42. The van der Waals surface area contributed by atoms with Crippen LogP contribution < -0.4 is 5.32 Å². The van der Waals surface area contributed by atoms with E-state index in [9.17, 15) is 22.8 Å². The lowest BCUT2D eigenvalue weighted by atomic mass is 9.88. The molecule has 3 amide bonds. The molecule has 1 spiro atoms. The number of hydrogen-bond acceptors (Lipinski definition) is 3. The Hall–Kier alpha value is -2.26. The van der Waals surface area contributed by atoms with Gasteiger partial charge < -0.3 is 15.1 Å². The van der Waals surface area contributed by atoms with Crippen LogP contribution in [-0.4, -0.2) is 63.2 Å². The molecule has 1 N–H and O–H groups in total. The van der Waals surface area contributed by atoms with E-state index in [2.05, 4.69) is 10.4 Å². The second kappa shape index (κ2) is 6.66. The number of aromatic nitrogens is 2. The fourth-order valence-electron chi connectivity index (χ4n) is 4.67. The van der Waals surface area contributed by atoms with Crippen molar-refractivity contribution in [1.82, 2.24) is 24.9 Å². The fourth-order valence-corrected chi connectivity index (χ4v) is 4.67. The van der Waals surface area contributed by atoms with Crippen molar-refractivity contribution in [3.05, 3.63) is 17.5 Å².